The Hall–Kier alpha value is -0.910. The van der Waals surface area contributed by atoms with Crippen molar-refractivity contribution in [3.63, 3.8) is 0 Å². The van der Waals surface area contributed by atoms with Gasteiger partial charge in [0, 0.05) is 63.2 Å². The molecule has 26 heavy (non-hydrogen) atoms. The van der Waals surface area contributed by atoms with E-state index in [0.29, 0.717) is 12.6 Å². The first-order valence-electron chi connectivity index (χ1n) is 10.8. The van der Waals surface area contributed by atoms with Gasteiger partial charge in [0.2, 0.25) is 0 Å². The molecule has 0 amide bonds. The van der Waals surface area contributed by atoms with Crippen molar-refractivity contribution in [1.29, 1.82) is 0 Å². The normalized spacial score (nSPS) is 23.6. The molecule has 1 aliphatic heterocycles. The van der Waals surface area contributed by atoms with Gasteiger partial charge >= 0.3 is 0 Å². The van der Waals surface area contributed by atoms with Gasteiger partial charge in [-0.25, -0.2) is 0 Å². The molecule has 1 saturated carbocycles. The Balaban J connectivity index is 1.56. The van der Waals surface area contributed by atoms with E-state index in [1.807, 2.05) is 0 Å². The van der Waals surface area contributed by atoms with Crippen molar-refractivity contribution in [3.05, 3.63) is 17.5 Å². The first-order valence-corrected chi connectivity index (χ1v) is 10.8. The van der Waals surface area contributed by atoms with E-state index < -0.39 is 0 Å². The Bertz CT molecular complexity index is 538. The highest BCUT2D eigenvalue weighted by molar-refractivity contribution is 5.16. The average molecular weight is 363 g/mol. The summed E-state index contributed by atoms with van der Waals surface area (Å²) >= 11 is 0. The smallest absolute Gasteiger partial charge is 0.0537 e. The fraction of sp³-hybridized carbons (Fsp3) is 0.857. The summed E-state index contributed by atoms with van der Waals surface area (Å²) in [5, 5.41) is 14.1. The summed E-state index contributed by atoms with van der Waals surface area (Å²) in [6.07, 6.45) is 11.1. The van der Waals surface area contributed by atoms with Crippen molar-refractivity contribution in [2.75, 3.05) is 32.8 Å². The van der Waals surface area contributed by atoms with Crippen molar-refractivity contribution >= 4 is 0 Å². The largest absolute Gasteiger partial charge is 0.396 e. The number of nitrogens with zero attached hydrogens (tertiary/aromatic N) is 4. The summed E-state index contributed by atoms with van der Waals surface area (Å²) in [5.74, 6) is 0.881. The van der Waals surface area contributed by atoms with Crippen LogP contribution in [0.25, 0.3) is 0 Å². The molecular weight excluding hydrogens is 324 g/mol. The molecule has 2 aliphatic rings. The molecular formula is C21H38N4O. The Morgan fingerprint density at radius 2 is 2.00 bits per heavy atom. The van der Waals surface area contributed by atoms with E-state index >= 15 is 0 Å². The first kappa shape index (κ1) is 19.8. The van der Waals surface area contributed by atoms with Crippen molar-refractivity contribution in [1.82, 2.24) is 19.6 Å². The Labute approximate surface area is 159 Å². The van der Waals surface area contributed by atoms with Crippen LogP contribution in [0.5, 0.6) is 0 Å². The molecule has 0 aromatic carbocycles. The predicted molar refractivity (Wildman–Crippen MR) is 106 cm³/mol. The summed E-state index contributed by atoms with van der Waals surface area (Å²) in [5.41, 5.74) is 2.68. The van der Waals surface area contributed by atoms with Gasteiger partial charge in [-0.15, -0.1) is 0 Å². The maximum atomic E-state index is 9.57. The molecule has 5 heteroatoms. The van der Waals surface area contributed by atoms with Gasteiger partial charge in [0.05, 0.1) is 6.20 Å². The maximum absolute atomic E-state index is 9.57. The number of aromatic nitrogens is 2. The molecule has 5 nitrogen and oxygen atoms in total. The predicted octanol–water partition coefficient (Wildman–Crippen LogP) is 3.05. The van der Waals surface area contributed by atoms with Crippen molar-refractivity contribution < 1.29 is 5.11 Å². The summed E-state index contributed by atoms with van der Waals surface area (Å²) in [6.45, 7) is 11.3. The number of aliphatic hydroxyl groups excluding tert-OH is 1. The van der Waals surface area contributed by atoms with Crippen molar-refractivity contribution in [3.8, 4) is 0 Å². The number of piperazine rings is 1. The number of hydrogen-bond acceptors (Lipinski definition) is 4. The second-order valence-electron chi connectivity index (χ2n) is 8.38. The van der Waals surface area contributed by atoms with Crippen LogP contribution in [0.15, 0.2) is 6.20 Å². The quantitative estimate of drug-likeness (QED) is 0.772. The lowest BCUT2D eigenvalue weighted by Gasteiger charge is -2.43. The average Bonchev–Trinajstić information content (AvgIpc) is 2.99. The molecule has 2 fully saturated rings. The zero-order valence-electron chi connectivity index (χ0n) is 16.9. The minimum atomic E-state index is 0.299. The zero-order valence-corrected chi connectivity index (χ0v) is 16.9. The van der Waals surface area contributed by atoms with Gasteiger partial charge in [0.25, 0.3) is 0 Å². The van der Waals surface area contributed by atoms with E-state index in [9.17, 15) is 5.11 Å². The Morgan fingerprint density at radius 3 is 2.73 bits per heavy atom. The fourth-order valence-electron chi connectivity index (χ4n) is 4.78. The second-order valence-corrected chi connectivity index (χ2v) is 8.38. The first-order chi connectivity index (χ1) is 12.7. The SMILES string of the molecule is CCCn1ncc(CN2CCN(CC3CCCCC3)[C@@H](CCO)C2)c1C. The van der Waals surface area contributed by atoms with E-state index in [4.69, 9.17) is 0 Å². The maximum Gasteiger partial charge on any atom is 0.0537 e. The molecule has 1 aromatic heterocycles. The summed E-state index contributed by atoms with van der Waals surface area (Å²) in [4.78, 5) is 5.24. The van der Waals surface area contributed by atoms with Gasteiger partial charge in [-0.2, -0.15) is 5.10 Å². The lowest BCUT2D eigenvalue weighted by atomic mass is 9.88. The highest BCUT2D eigenvalue weighted by Gasteiger charge is 2.29. The van der Waals surface area contributed by atoms with Crippen LogP contribution in [0.2, 0.25) is 0 Å². The molecule has 1 N–H and O–H groups in total. The third-order valence-electron chi connectivity index (χ3n) is 6.40. The highest BCUT2D eigenvalue weighted by Crippen LogP contribution is 2.26. The van der Waals surface area contributed by atoms with Gasteiger partial charge in [-0.3, -0.25) is 14.5 Å². The summed E-state index contributed by atoms with van der Waals surface area (Å²) < 4.78 is 2.14. The van der Waals surface area contributed by atoms with Crippen LogP contribution in [0, 0.1) is 12.8 Å². The molecule has 148 valence electrons. The van der Waals surface area contributed by atoms with E-state index in [1.165, 1.54) is 49.9 Å². The van der Waals surface area contributed by atoms with Crippen molar-refractivity contribution in [2.45, 2.75) is 77.9 Å². The second kappa shape index (κ2) is 9.86. The molecule has 1 aromatic rings. The van der Waals surface area contributed by atoms with Crippen LogP contribution >= 0.6 is 0 Å². The molecule has 3 rings (SSSR count). The van der Waals surface area contributed by atoms with E-state index in [0.717, 1.165) is 51.5 Å². The van der Waals surface area contributed by atoms with Gasteiger partial charge in [-0.05, 0) is 38.5 Å². The van der Waals surface area contributed by atoms with E-state index in [1.54, 1.807) is 0 Å². The standard InChI is InChI=1S/C21H38N4O/c1-3-10-25-18(2)20(14-22-25)16-23-11-12-24(21(17-23)9-13-26)15-19-7-5-4-6-8-19/h14,19,21,26H,3-13,15-17H2,1-2H3/t21-/m0/s1. The monoisotopic (exact) mass is 362 g/mol. The molecule has 1 saturated heterocycles. The van der Waals surface area contributed by atoms with E-state index in [-0.39, 0.29) is 0 Å². The van der Waals surface area contributed by atoms with E-state index in [2.05, 4.69) is 39.6 Å². The number of aryl methyl sites for hydroxylation is 1. The third kappa shape index (κ3) is 5.08. The Kier molecular flexibility index (Phi) is 7.52. The molecule has 1 atom stereocenters. The molecule has 1 aliphatic carbocycles. The van der Waals surface area contributed by atoms with Crippen LogP contribution in [0.1, 0.15) is 63.1 Å². The number of hydrogen-bond donors (Lipinski definition) is 1. The molecule has 0 unspecified atom stereocenters. The van der Waals surface area contributed by atoms with Crippen molar-refractivity contribution in [2.24, 2.45) is 5.92 Å². The summed E-state index contributed by atoms with van der Waals surface area (Å²) in [7, 11) is 0. The van der Waals surface area contributed by atoms with Crippen LogP contribution in [0.4, 0.5) is 0 Å². The Morgan fingerprint density at radius 1 is 1.19 bits per heavy atom. The lowest BCUT2D eigenvalue weighted by Crippen LogP contribution is -2.54. The molecule has 0 radical (unpaired) electrons. The minimum Gasteiger partial charge on any atom is -0.396 e. The topological polar surface area (TPSA) is 44.5 Å². The van der Waals surface area contributed by atoms with Gasteiger partial charge < -0.3 is 5.11 Å². The van der Waals surface area contributed by atoms with Crippen LogP contribution in [-0.2, 0) is 13.1 Å². The van der Waals surface area contributed by atoms with Crippen LogP contribution < -0.4 is 0 Å². The molecule has 2 heterocycles. The zero-order chi connectivity index (χ0) is 18.4. The number of rotatable bonds is 8. The van der Waals surface area contributed by atoms with Gasteiger partial charge in [-0.1, -0.05) is 26.2 Å². The number of aliphatic hydroxyl groups is 1. The van der Waals surface area contributed by atoms with Gasteiger partial charge in [0.15, 0.2) is 0 Å². The minimum absolute atomic E-state index is 0.299. The molecule has 0 bridgehead atoms. The van der Waals surface area contributed by atoms with Crippen LogP contribution in [-0.4, -0.2) is 63.5 Å². The third-order valence-corrected chi connectivity index (χ3v) is 6.40. The highest BCUT2D eigenvalue weighted by atomic mass is 16.3. The van der Waals surface area contributed by atoms with Crippen LogP contribution in [0.3, 0.4) is 0 Å². The lowest BCUT2D eigenvalue weighted by molar-refractivity contribution is 0.0399. The van der Waals surface area contributed by atoms with Gasteiger partial charge in [0.1, 0.15) is 0 Å². The fourth-order valence-corrected chi connectivity index (χ4v) is 4.78. The summed E-state index contributed by atoms with van der Waals surface area (Å²) in [6, 6.07) is 0.502. The molecule has 0 spiro atoms.